The summed E-state index contributed by atoms with van der Waals surface area (Å²) in [6.45, 7) is 0.0717. The molecule has 2 aromatic carbocycles. The molecule has 132 valence electrons. The Hall–Kier alpha value is -3.55. The van der Waals surface area contributed by atoms with E-state index in [1.807, 2.05) is 30.3 Å². The number of benzene rings is 2. The second-order valence-electron chi connectivity index (χ2n) is 5.78. The van der Waals surface area contributed by atoms with Crippen molar-refractivity contribution in [3.8, 4) is 11.5 Å². The number of imidazole rings is 1. The molecule has 2 heterocycles. The Bertz CT molecular complexity index is 935. The van der Waals surface area contributed by atoms with Gasteiger partial charge in [0.15, 0.2) is 11.5 Å². The summed E-state index contributed by atoms with van der Waals surface area (Å²) < 4.78 is 11.1. The summed E-state index contributed by atoms with van der Waals surface area (Å²) in [6.07, 6.45) is -0.823. The SMILES string of the molecule is O=C(Cc1nc2ccccc2[nH]1)NNC(=O)[C@H]1COc2ccccc2O1. The van der Waals surface area contributed by atoms with Crippen LogP contribution in [0.5, 0.6) is 11.5 Å². The molecule has 1 aliphatic heterocycles. The van der Waals surface area contributed by atoms with E-state index in [4.69, 9.17) is 9.47 Å². The van der Waals surface area contributed by atoms with Gasteiger partial charge in [-0.05, 0) is 24.3 Å². The lowest BCUT2D eigenvalue weighted by Crippen LogP contribution is -2.51. The third-order valence-electron chi connectivity index (χ3n) is 3.89. The third kappa shape index (κ3) is 3.30. The van der Waals surface area contributed by atoms with E-state index >= 15 is 0 Å². The first-order chi connectivity index (χ1) is 12.7. The number of nitrogens with zero attached hydrogens (tertiary/aromatic N) is 1. The molecule has 2 amide bonds. The number of hydrazine groups is 1. The maximum Gasteiger partial charge on any atom is 0.283 e. The molecule has 0 aliphatic carbocycles. The zero-order chi connectivity index (χ0) is 17.9. The van der Waals surface area contributed by atoms with Crippen LogP contribution in [-0.2, 0) is 16.0 Å². The second-order valence-corrected chi connectivity index (χ2v) is 5.78. The third-order valence-corrected chi connectivity index (χ3v) is 3.89. The molecule has 1 atom stereocenters. The monoisotopic (exact) mass is 352 g/mol. The standard InChI is InChI=1S/C18H16N4O4/c23-17(9-16-19-11-5-1-2-6-12(11)20-16)21-22-18(24)15-10-25-13-7-3-4-8-14(13)26-15/h1-8,15H,9-10H2,(H,19,20)(H,21,23)(H,22,24)/t15-/m1/s1. The molecule has 0 fully saturated rings. The molecule has 0 radical (unpaired) electrons. The Kier molecular flexibility index (Phi) is 4.14. The van der Waals surface area contributed by atoms with Crippen LogP contribution < -0.4 is 20.3 Å². The maximum atomic E-state index is 12.2. The number of rotatable bonds is 3. The number of carbonyl (C=O) groups is 2. The molecule has 0 saturated heterocycles. The molecule has 26 heavy (non-hydrogen) atoms. The van der Waals surface area contributed by atoms with Gasteiger partial charge in [-0.25, -0.2) is 4.98 Å². The van der Waals surface area contributed by atoms with Gasteiger partial charge in [0.25, 0.3) is 5.91 Å². The first-order valence-electron chi connectivity index (χ1n) is 8.10. The van der Waals surface area contributed by atoms with Gasteiger partial charge >= 0.3 is 0 Å². The van der Waals surface area contributed by atoms with Gasteiger partial charge in [0.1, 0.15) is 12.4 Å². The first kappa shape index (κ1) is 15.9. The van der Waals surface area contributed by atoms with Crippen molar-refractivity contribution in [2.45, 2.75) is 12.5 Å². The van der Waals surface area contributed by atoms with Crippen molar-refractivity contribution in [3.63, 3.8) is 0 Å². The lowest BCUT2D eigenvalue weighted by atomic mass is 10.2. The summed E-state index contributed by atoms with van der Waals surface area (Å²) >= 11 is 0. The molecule has 3 N–H and O–H groups in total. The normalized spacial score (nSPS) is 15.5. The number of fused-ring (bicyclic) bond motifs is 2. The van der Waals surface area contributed by atoms with Crippen molar-refractivity contribution in [2.75, 3.05) is 6.61 Å². The molecule has 8 nitrogen and oxygen atoms in total. The van der Waals surface area contributed by atoms with E-state index in [1.165, 1.54) is 0 Å². The number of aromatic amines is 1. The van der Waals surface area contributed by atoms with Crippen LogP contribution in [0.3, 0.4) is 0 Å². The van der Waals surface area contributed by atoms with Crippen LogP contribution >= 0.6 is 0 Å². The van der Waals surface area contributed by atoms with E-state index in [0.717, 1.165) is 11.0 Å². The Balaban J connectivity index is 1.31. The predicted molar refractivity (Wildman–Crippen MR) is 92.4 cm³/mol. The first-order valence-corrected chi connectivity index (χ1v) is 8.10. The molecule has 0 unspecified atom stereocenters. The van der Waals surface area contributed by atoms with E-state index < -0.39 is 17.9 Å². The number of H-pyrrole nitrogens is 1. The minimum atomic E-state index is -0.837. The van der Waals surface area contributed by atoms with Gasteiger partial charge in [-0.1, -0.05) is 24.3 Å². The molecule has 0 spiro atoms. The maximum absolute atomic E-state index is 12.2. The summed E-state index contributed by atoms with van der Waals surface area (Å²) in [7, 11) is 0. The smallest absolute Gasteiger partial charge is 0.283 e. The number of hydrogen-bond donors (Lipinski definition) is 3. The molecule has 0 bridgehead atoms. The fourth-order valence-electron chi connectivity index (χ4n) is 2.65. The highest BCUT2D eigenvalue weighted by atomic mass is 16.6. The molecule has 8 heteroatoms. The number of amides is 2. The minimum absolute atomic E-state index is 0.0137. The summed E-state index contributed by atoms with van der Waals surface area (Å²) in [5.41, 5.74) is 6.35. The minimum Gasteiger partial charge on any atom is -0.485 e. The highest BCUT2D eigenvalue weighted by Crippen LogP contribution is 2.30. The summed E-state index contributed by atoms with van der Waals surface area (Å²) in [4.78, 5) is 31.5. The van der Waals surface area contributed by atoms with Gasteiger partial charge in [-0.3, -0.25) is 20.4 Å². The molecular weight excluding hydrogens is 336 g/mol. The van der Waals surface area contributed by atoms with Gasteiger partial charge < -0.3 is 14.5 Å². The van der Waals surface area contributed by atoms with E-state index in [2.05, 4.69) is 20.8 Å². The summed E-state index contributed by atoms with van der Waals surface area (Å²) in [5, 5.41) is 0. The lowest BCUT2D eigenvalue weighted by Gasteiger charge is -2.25. The number of para-hydroxylation sites is 4. The fraction of sp³-hybridized carbons (Fsp3) is 0.167. The molecule has 1 aromatic heterocycles. The number of carbonyl (C=O) groups excluding carboxylic acids is 2. The average molecular weight is 352 g/mol. The molecular formula is C18H16N4O4. The quantitative estimate of drug-likeness (QED) is 0.612. The number of ether oxygens (including phenoxy) is 2. The fourth-order valence-corrected chi connectivity index (χ4v) is 2.65. The van der Waals surface area contributed by atoms with Gasteiger partial charge in [-0.2, -0.15) is 0 Å². The highest BCUT2D eigenvalue weighted by Gasteiger charge is 2.27. The topological polar surface area (TPSA) is 105 Å². The Morgan fingerprint density at radius 3 is 2.69 bits per heavy atom. The van der Waals surface area contributed by atoms with E-state index in [1.54, 1.807) is 18.2 Å². The van der Waals surface area contributed by atoms with Gasteiger partial charge in [0.05, 0.1) is 17.5 Å². The second kappa shape index (κ2) is 6.75. The number of hydrogen-bond acceptors (Lipinski definition) is 5. The van der Waals surface area contributed by atoms with Crippen LogP contribution in [0.25, 0.3) is 11.0 Å². The molecule has 0 saturated carbocycles. The van der Waals surface area contributed by atoms with Crippen molar-refractivity contribution in [1.29, 1.82) is 0 Å². The highest BCUT2D eigenvalue weighted by molar-refractivity contribution is 5.86. The van der Waals surface area contributed by atoms with Crippen LogP contribution in [0, 0.1) is 0 Å². The summed E-state index contributed by atoms with van der Waals surface area (Å²) in [6, 6.07) is 14.6. The zero-order valence-electron chi connectivity index (χ0n) is 13.7. The van der Waals surface area contributed by atoms with Gasteiger partial charge in [0.2, 0.25) is 12.0 Å². The van der Waals surface area contributed by atoms with Crippen LogP contribution in [0.1, 0.15) is 5.82 Å². The van der Waals surface area contributed by atoms with Crippen LogP contribution in [0.2, 0.25) is 0 Å². The zero-order valence-corrected chi connectivity index (χ0v) is 13.7. The van der Waals surface area contributed by atoms with E-state index in [9.17, 15) is 9.59 Å². The van der Waals surface area contributed by atoms with E-state index in [-0.39, 0.29) is 13.0 Å². The van der Waals surface area contributed by atoms with Crippen molar-refractivity contribution in [2.24, 2.45) is 0 Å². The lowest BCUT2D eigenvalue weighted by molar-refractivity contribution is -0.134. The number of aromatic nitrogens is 2. The Morgan fingerprint density at radius 1 is 1.08 bits per heavy atom. The van der Waals surface area contributed by atoms with Crippen molar-refractivity contribution >= 4 is 22.8 Å². The molecule has 4 rings (SSSR count). The van der Waals surface area contributed by atoms with E-state index in [0.29, 0.717) is 17.3 Å². The molecule has 1 aliphatic rings. The van der Waals surface area contributed by atoms with Crippen LogP contribution in [0.15, 0.2) is 48.5 Å². The predicted octanol–water partition coefficient (Wildman–Crippen LogP) is 1.09. The number of nitrogens with one attached hydrogen (secondary N) is 3. The largest absolute Gasteiger partial charge is 0.485 e. The molecule has 3 aromatic rings. The van der Waals surface area contributed by atoms with Crippen molar-refractivity contribution in [3.05, 3.63) is 54.4 Å². The Morgan fingerprint density at radius 2 is 1.85 bits per heavy atom. The van der Waals surface area contributed by atoms with Crippen LogP contribution in [-0.4, -0.2) is 34.5 Å². The average Bonchev–Trinajstić information content (AvgIpc) is 3.08. The van der Waals surface area contributed by atoms with Crippen molar-refractivity contribution in [1.82, 2.24) is 20.8 Å². The van der Waals surface area contributed by atoms with Gasteiger partial charge in [-0.15, -0.1) is 0 Å². The summed E-state index contributed by atoms with van der Waals surface area (Å²) in [5.74, 6) is 0.717. The van der Waals surface area contributed by atoms with Crippen molar-refractivity contribution < 1.29 is 19.1 Å². The Labute approximate surface area is 148 Å². The van der Waals surface area contributed by atoms with Crippen LogP contribution in [0.4, 0.5) is 0 Å². The van der Waals surface area contributed by atoms with Gasteiger partial charge in [0, 0.05) is 0 Å².